The van der Waals surface area contributed by atoms with Gasteiger partial charge in [-0.05, 0) is 39.4 Å². The van der Waals surface area contributed by atoms with Gasteiger partial charge in [0.25, 0.3) is 0 Å². The molecule has 1 unspecified atom stereocenters. The second-order valence-corrected chi connectivity index (χ2v) is 5.88. The first-order chi connectivity index (χ1) is 8.67. The Morgan fingerprint density at radius 1 is 1.33 bits per heavy atom. The van der Waals surface area contributed by atoms with Crippen molar-refractivity contribution in [3.05, 3.63) is 11.7 Å². The Bertz CT molecular complexity index is 404. The van der Waals surface area contributed by atoms with E-state index in [1.54, 1.807) is 0 Å². The molecule has 1 aromatic heterocycles. The molecule has 0 N–H and O–H groups in total. The zero-order chi connectivity index (χ0) is 12.6. The fourth-order valence-corrected chi connectivity index (χ4v) is 2.71. The van der Waals surface area contributed by atoms with Crippen LogP contribution in [0.4, 0.5) is 0 Å². The number of likely N-dealkylation sites (tertiary alicyclic amines) is 1. The van der Waals surface area contributed by atoms with Crippen LogP contribution in [0.15, 0.2) is 4.52 Å². The molecule has 3 heterocycles. The number of piperidine rings is 1. The van der Waals surface area contributed by atoms with Gasteiger partial charge in [0.05, 0.1) is 6.61 Å². The van der Waals surface area contributed by atoms with Crippen LogP contribution >= 0.6 is 0 Å². The van der Waals surface area contributed by atoms with Gasteiger partial charge in [0.2, 0.25) is 5.89 Å². The van der Waals surface area contributed by atoms with Crippen LogP contribution in [0.25, 0.3) is 0 Å². The predicted molar refractivity (Wildman–Crippen MR) is 66.6 cm³/mol. The average Bonchev–Trinajstić information content (AvgIpc) is 3.01. The first-order valence-corrected chi connectivity index (χ1v) is 6.78. The normalized spacial score (nSPS) is 28.7. The van der Waals surface area contributed by atoms with E-state index < -0.39 is 0 Å². The zero-order valence-corrected chi connectivity index (χ0v) is 11.2. The van der Waals surface area contributed by atoms with E-state index in [1.165, 1.54) is 0 Å². The summed E-state index contributed by atoms with van der Waals surface area (Å²) in [6, 6.07) is 0. The summed E-state index contributed by atoms with van der Waals surface area (Å²) < 4.78 is 10.9. The fraction of sp³-hybridized carbons (Fsp3) is 0.846. The summed E-state index contributed by atoms with van der Waals surface area (Å²) in [6.45, 7) is 5.99. The molecule has 0 spiro atoms. The molecule has 0 amide bonds. The number of nitrogens with zero attached hydrogens (tertiary/aromatic N) is 3. The van der Waals surface area contributed by atoms with Crippen LogP contribution in [-0.4, -0.2) is 48.4 Å². The first-order valence-electron chi connectivity index (χ1n) is 6.78. The van der Waals surface area contributed by atoms with Crippen molar-refractivity contribution in [1.29, 1.82) is 0 Å². The molecule has 1 atom stereocenters. The van der Waals surface area contributed by atoms with Crippen molar-refractivity contribution < 1.29 is 9.26 Å². The van der Waals surface area contributed by atoms with E-state index in [0.29, 0.717) is 5.92 Å². The molecule has 18 heavy (non-hydrogen) atoms. The molecular weight excluding hydrogens is 230 g/mol. The van der Waals surface area contributed by atoms with E-state index in [2.05, 4.69) is 29.0 Å². The van der Waals surface area contributed by atoms with Gasteiger partial charge in [0.1, 0.15) is 0 Å². The minimum absolute atomic E-state index is 0.0528. The predicted octanol–water partition coefficient (Wildman–Crippen LogP) is 1.56. The van der Waals surface area contributed by atoms with E-state index in [9.17, 15) is 0 Å². The Balaban J connectivity index is 1.75. The van der Waals surface area contributed by atoms with Crippen molar-refractivity contribution in [1.82, 2.24) is 15.0 Å². The number of hydrogen-bond acceptors (Lipinski definition) is 5. The summed E-state index contributed by atoms with van der Waals surface area (Å²) in [6.07, 6.45) is 3.19. The Labute approximate surface area is 107 Å². The summed E-state index contributed by atoms with van der Waals surface area (Å²) >= 11 is 0. The third-order valence-electron chi connectivity index (χ3n) is 4.34. The number of rotatable bonds is 2. The van der Waals surface area contributed by atoms with Crippen LogP contribution in [0.3, 0.4) is 0 Å². The lowest BCUT2D eigenvalue weighted by atomic mass is 9.80. The van der Waals surface area contributed by atoms with Crippen molar-refractivity contribution in [2.75, 3.05) is 33.4 Å². The van der Waals surface area contributed by atoms with Crippen LogP contribution in [0.2, 0.25) is 0 Å². The largest absolute Gasteiger partial charge is 0.381 e. The van der Waals surface area contributed by atoms with Gasteiger partial charge in [-0.15, -0.1) is 0 Å². The zero-order valence-electron chi connectivity index (χ0n) is 11.2. The molecule has 0 bridgehead atoms. The van der Waals surface area contributed by atoms with E-state index in [4.69, 9.17) is 9.26 Å². The van der Waals surface area contributed by atoms with Gasteiger partial charge < -0.3 is 14.2 Å². The Morgan fingerprint density at radius 2 is 2.11 bits per heavy atom. The van der Waals surface area contributed by atoms with Gasteiger partial charge in [-0.3, -0.25) is 0 Å². The summed E-state index contributed by atoms with van der Waals surface area (Å²) in [7, 11) is 2.16. The highest BCUT2D eigenvalue weighted by Crippen LogP contribution is 2.34. The van der Waals surface area contributed by atoms with Crippen LogP contribution < -0.4 is 0 Å². The van der Waals surface area contributed by atoms with Crippen LogP contribution in [0, 0.1) is 0 Å². The molecule has 5 nitrogen and oxygen atoms in total. The topological polar surface area (TPSA) is 51.4 Å². The smallest absolute Gasteiger partial charge is 0.232 e. The highest BCUT2D eigenvalue weighted by Gasteiger charge is 2.36. The molecule has 2 aliphatic heterocycles. The highest BCUT2D eigenvalue weighted by molar-refractivity contribution is 5.08. The van der Waals surface area contributed by atoms with E-state index in [-0.39, 0.29) is 5.41 Å². The maximum Gasteiger partial charge on any atom is 0.232 e. The number of aromatic nitrogens is 2. The third kappa shape index (κ3) is 2.17. The lowest BCUT2D eigenvalue weighted by Crippen LogP contribution is -2.39. The lowest BCUT2D eigenvalue weighted by molar-refractivity contribution is 0.165. The van der Waals surface area contributed by atoms with Crippen molar-refractivity contribution in [2.45, 2.75) is 37.5 Å². The van der Waals surface area contributed by atoms with E-state index in [0.717, 1.165) is 57.3 Å². The van der Waals surface area contributed by atoms with E-state index >= 15 is 0 Å². The van der Waals surface area contributed by atoms with Gasteiger partial charge in [-0.25, -0.2) is 0 Å². The van der Waals surface area contributed by atoms with Gasteiger partial charge >= 0.3 is 0 Å². The monoisotopic (exact) mass is 251 g/mol. The quantitative estimate of drug-likeness (QED) is 0.798. The molecule has 0 aromatic carbocycles. The van der Waals surface area contributed by atoms with E-state index in [1.807, 2.05) is 0 Å². The minimum Gasteiger partial charge on any atom is -0.381 e. The second kappa shape index (κ2) is 4.63. The Hall–Kier alpha value is -0.940. The van der Waals surface area contributed by atoms with Gasteiger partial charge in [0, 0.05) is 17.9 Å². The SMILES string of the molecule is CN1CCC(C)(c2nc(C3CCOC3)no2)CC1. The number of hydrogen-bond donors (Lipinski definition) is 0. The van der Waals surface area contributed by atoms with Crippen LogP contribution in [-0.2, 0) is 10.2 Å². The molecule has 1 aromatic rings. The Kier molecular flexibility index (Phi) is 3.11. The molecule has 0 aliphatic carbocycles. The average molecular weight is 251 g/mol. The standard InChI is InChI=1S/C13H21N3O2/c1-13(4-6-16(2)7-5-13)12-14-11(15-18-12)10-3-8-17-9-10/h10H,3-9H2,1-2H3. The van der Waals surface area contributed by atoms with Crippen molar-refractivity contribution in [3.8, 4) is 0 Å². The third-order valence-corrected chi connectivity index (χ3v) is 4.34. The molecule has 2 saturated heterocycles. The number of ether oxygens (including phenoxy) is 1. The first kappa shape index (κ1) is 12.1. The van der Waals surface area contributed by atoms with Crippen molar-refractivity contribution in [2.24, 2.45) is 0 Å². The summed E-state index contributed by atoms with van der Waals surface area (Å²) in [5.74, 6) is 1.98. The maximum absolute atomic E-state index is 5.52. The molecule has 0 saturated carbocycles. The minimum atomic E-state index is 0.0528. The Morgan fingerprint density at radius 3 is 2.78 bits per heavy atom. The van der Waals surface area contributed by atoms with Crippen LogP contribution in [0.1, 0.15) is 43.8 Å². The molecule has 2 aliphatic rings. The second-order valence-electron chi connectivity index (χ2n) is 5.88. The van der Waals surface area contributed by atoms with Gasteiger partial charge in [-0.2, -0.15) is 4.98 Å². The molecule has 2 fully saturated rings. The van der Waals surface area contributed by atoms with Crippen molar-refractivity contribution >= 4 is 0 Å². The maximum atomic E-state index is 5.52. The molecular formula is C13H21N3O2. The van der Waals surface area contributed by atoms with Crippen molar-refractivity contribution in [3.63, 3.8) is 0 Å². The summed E-state index contributed by atoms with van der Waals surface area (Å²) in [4.78, 5) is 6.99. The summed E-state index contributed by atoms with van der Waals surface area (Å²) in [5.41, 5.74) is 0.0528. The van der Waals surface area contributed by atoms with Crippen LogP contribution in [0.5, 0.6) is 0 Å². The molecule has 3 rings (SSSR count). The summed E-state index contributed by atoms with van der Waals surface area (Å²) in [5, 5.41) is 4.16. The fourth-order valence-electron chi connectivity index (χ4n) is 2.71. The van der Waals surface area contributed by atoms with Gasteiger partial charge in [0.15, 0.2) is 5.82 Å². The molecule has 5 heteroatoms. The van der Waals surface area contributed by atoms with Gasteiger partial charge in [-0.1, -0.05) is 12.1 Å². The highest BCUT2D eigenvalue weighted by atomic mass is 16.5. The lowest BCUT2D eigenvalue weighted by Gasteiger charge is -2.34. The molecule has 0 radical (unpaired) electrons. The molecule has 100 valence electrons.